The molecule has 1 atom stereocenters. The Morgan fingerprint density at radius 2 is 1.48 bits per heavy atom. The topological polar surface area (TPSA) is 24.9 Å². The van der Waals surface area contributed by atoms with E-state index in [-0.39, 0.29) is 6.04 Å². The van der Waals surface area contributed by atoms with Crippen molar-refractivity contribution in [3.05, 3.63) is 81.8 Å². The van der Waals surface area contributed by atoms with E-state index in [1.54, 1.807) is 11.3 Å². The highest BCUT2D eigenvalue weighted by molar-refractivity contribution is 7.07. The maximum Gasteiger partial charge on any atom is 0.0948 e. The minimum atomic E-state index is 0.0600. The minimum absolute atomic E-state index is 0.0600. The van der Waals surface area contributed by atoms with Crippen LogP contribution in [0.4, 0.5) is 5.69 Å². The monoisotopic (exact) mass is 350 g/mol. The zero-order valence-corrected chi connectivity index (χ0v) is 16.2. The van der Waals surface area contributed by atoms with Crippen LogP contribution in [-0.2, 0) is 0 Å². The number of anilines is 1. The molecule has 0 bridgehead atoms. The standard InChI is InChI=1S/C22H26N2S/c1-15(2)18-11-8-12-19(16(3)4)22(18)24-21(20-13-25-14-23-20)17-9-6-5-7-10-17/h5-16,21,24H,1-4H3. The summed E-state index contributed by atoms with van der Waals surface area (Å²) < 4.78 is 0. The van der Waals surface area contributed by atoms with Crippen molar-refractivity contribution in [1.82, 2.24) is 4.98 Å². The van der Waals surface area contributed by atoms with E-state index >= 15 is 0 Å². The number of rotatable bonds is 6. The average molecular weight is 351 g/mol. The second-order valence-corrected chi connectivity index (χ2v) is 7.74. The van der Waals surface area contributed by atoms with Gasteiger partial charge in [0.1, 0.15) is 0 Å². The van der Waals surface area contributed by atoms with Crippen LogP contribution in [0, 0.1) is 0 Å². The minimum Gasteiger partial charge on any atom is -0.372 e. The molecule has 0 aliphatic carbocycles. The first-order chi connectivity index (χ1) is 12.1. The summed E-state index contributed by atoms with van der Waals surface area (Å²) in [5.41, 5.74) is 8.20. The smallest absolute Gasteiger partial charge is 0.0948 e. The van der Waals surface area contributed by atoms with Crippen molar-refractivity contribution < 1.29 is 0 Å². The van der Waals surface area contributed by atoms with Crippen molar-refractivity contribution in [2.45, 2.75) is 45.6 Å². The molecule has 25 heavy (non-hydrogen) atoms. The highest BCUT2D eigenvalue weighted by Gasteiger charge is 2.21. The van der Waals surface area contributed by atoms with Gasteiger partial charge in [-0.3, -0.25) is 0 Å². The van der Waals surface area contributed by atoms with E-state index in [1.807, 2.05) is 5.51 Å². The predicted octanol–water partition coefficient (Wildman–Crippen LogP) is 6.59. The highest BCUT2D eigenvalue weighted by Crippen LogP contribution is 2.36. The van der Waals surface area contributed by atoms with Crippen LogP contribution in [0.5, 0.6) is 0 Å². The fourth-order valence-corrected chi connectivity index (χ4v) is 3.78. The van der Waals surface area contributed by atoms with Crippen LogP contribution in [0.1, 0.15) is 68.0 Å². The Morgan fingerprint density at radius 3 is 2.00 bits per heavy atom. The summed E-state index contributed by atoms with van der Waals surface area (Å²) in [6.07, 6.45) is 0. The maximum absolute atomic E-state index is 4.59. The molecule has 0 fully saturated rings. The zero-order chi connectivity index (χ0) is 17.8. The van der Waals surface area contributed by atoms with Gasteiger partial charge in [0, 0.05) is 11.1 Å². The second-order valence-electron chi connectivity index (χ2n) is 7.02. The number of thiazole rings is 1. The Labute approximate surface area is 155 Å². The molecule has 1 aromatic heterocycles. The number of hydrogen-bond donors (Lipinski definition) is 1. The van der Waals surface area contributed by atoms with Crippen LogP contribution in [0.25, 0.3) is 0 Å². The molecular formula is C22H26N2S. The summed E-state index contributed by atoms with van der Waals surface area (Å²) in [5, 5.41) is 5.98. The third kappa shape index (κ3) is 3.93. The molecule has 3 rings (SSSR count). The SMILES string of the molecule is CC(C)c1cccc(C(C)C)c1NC(c1ccccc1)c1cscn1. The van der Waals surface area contributed by atoms with Gasteiger partial charge < -0.3 is 5.32 Å². The summed E-state index contributed by atoms with van der Waals surface area (Å²) >= 11 is 1.64. The Bertz CT molecular complexity index is 766. The number of aromatic nitrogens is 1. The molecule has 1 unspecified atom stereocenters. The van der Waals surface area contributed by atoms with Gasteiger partial charge in [0.15, 0.2) is 0 Å². The highest BCUT2D eigenvalue weighted by atomic mass is 32.1. The van der Waals surface area contributed by atoms with E-state index in [9.17, 15) is 0 Å². The van der Waals surface area contributed by atoms with Crippen molar-refractivity contribution in [2.75, 3.05) is 5.32 Å². The van der Waals surface area contributed by atoms with E-state index in [1.165, 1.54) is 22.4 Å². The maximum atomic E-state index is 4.59. The molecule has 0 saturated heterocycles. The first kappa shape index (κ1) is 17.7. The number of hydrogen-bond acceptors (Lipinski definition) is 3. The van der Waals surface area contributed by atoms with Gasteiger partial charge >= 0.3 is 0 Å². The van der Waals surface area contributed by atoms with Crippen molar-refractivity contribution in [1.29, 1.82) is 0 Å². The lowest BCUT2D eigenvalue weighted by Crippen LogP contribution is -2.16. The van der Waals surface area contributed by atoms with Crippen LogP contribution >= 0.6 is 11.3 Å². The summed E-state index contributed by atoms with van der Waals surface area (Å²) in [6.45, 7) is 9.02. The first-order valence-corrected chi connectivity index (χ1v) is 9.84. The van der Waals surface area contributed by atoms with E-state index < -0.39 is 0 Å². The number of para-hydroxylation sites is 1. The van der Waals surface area contributed by atoms with E-state index in [4.69, 9.17) is 0 Å². The fourth-order valence-electron chi connectivity index (χ4n) is 3.20. The molecule has 3 aromatic rings. The Kier molecular flexibility index (Phi) is 5.54. The van der Waals surface area contributed by atoms with Gasteiger partial charge in [0.25, 0.3) is 0 Å². The number of nitrogens with zero attached hydrogens (tertiary/aromatic N) is 1. The first-order valence-electron chi connectivity index (χ1n) is 8.90. The van der Waals surface area contributed by atoms with Gasteiger partial charge in [0.05, 0.1) is 17.2 Å². The summed E-state index contributed by atoms with van der Waals surface area (Å²) in [6, 6.07) is 17.3. The van der Waals surface area contributed by atoms with Crippen LogP contribution in [0.15, 0.2) is 59.4 Å². The van der Waals surface area contributed by atoms with Gasteiger partial charge in [-0.1, -0.05) is 76.2 Å². The van der Waals surface area contributed by atoms with Gasteiger partial charge in [-0.05, 0) is 28.5 Å². The fraction of sp³-hybridized carbons (Fsp3) is 0.318. The van der Waals surface area contributed by atoms with Crippen molar-refractivity contribution in [3.8, 4) is 0 Å². The molecule has 130 valence electrons. The predicted molar refractivity (Wildman–Crippen MR) is 109 cm³/mol. The summed E-state index contributed by atoms with van der Waals surface area (Å²) in [5.74, 6) is 0.932. The normalized spacial score (nSPS) is 12.6. The van der Waals surface area contributed by atoms with E-state index in [0.29, 0.717) is 11.8 Å². The van der Waals surface area contributed by atoms with Crippen LogP contribution in [-0.4, -0.2) is 4.98 Å². The van der Waals surface area contributed by atoms with Gasteiger partial charge in [-0.2, -0.15) is 0 Å². The Hall–Kier alpha value is -2.13. The molecule has 2 nitrogen and oxygen atoms in total. The molecule has 0 amide bonds. The third-order valence-electron chi connectivity index (χ3n) is 4.54. The lowest BCUT2D eigenvalue weighted by atomic mass is 9.91. The lowest BCUT2D eigenvalue weighted by Gasteiger charge is -2.26. The van der Waals surface area contributed by atoms with Gasteiger partial charge in [0.2, 0.25) is 0 Å². The number of nitrogens with one attached hydrogen (secondary N) is 1. The van der Waals surface area contributed by atoms with E-state index in [0.717, 1.165) is 5.69 Å². The molecule has 0 aliphatic heterocycles. The Balaban J connectivity index is 2.09. The lowest BCUT2D eigenvalue weighted by molar-refractivity contribution is 0.816. The quantitative estimate of drug-likeness (QED) is 0.542. The van der Waals surface area contributed by atoms with Crippen LogP contribution in [0.2, 0.25) is 0 Å². The van der Waals surface area contributed by atoms with Crippen molar-refractivity contribution >= 4 is 17.0 Å². The molecule has 0 spiro atoms. The Morgan fingerprint density at radius 1 is 0.840 bits per heavy atom. The van der Waals surface area contributed by atoms with Crippen molar-refractivity contribution in [3.63, 3.8) is 0 Å². The average Bonchev–Trinajstić information content (AvgIpc) is 3.14. The molecule has 0 saturated carbocycles. The largest absolute Gasteiger partial charge is 0.372 e. The molecule has 1 N–H and O–H groups in total. The summed E-state index contributed by atoms with van der Waals surface area (Å²) in [4.78, 5) is 4.59. The van der Waals surface area contributed by atoms with Crippen molar-refractivity contribution in [2.24, 2.45) is 0 Å². The van der Waals surface area contributed by atoms with E-state index in [2.05, 4.69) is 91.9 Å². The van der Waals surface area contributed by atoms with Crippen LogP contribution in [0.3, 0.4) is 0 Å². The zero-order valence-electron chi connectivity index (χ0n) is 15.4. The molecule has 0 radical (unpaired) electrons. The second kappa shape index (κ2) is 7.83. The molecule has 0 aliphatic rings. The third-order valence-corrected chi connectivity index (χ3v) is 5.15. The molecule has 3 heteroatoms. The molecule has 1 heterocycles. The molecule has 2 aromatic carbocycles. The number of benzene rings is 2. The van der Waals surface area contributed by atoms with Gasteiger partial charge in [-0.15, -0.1) is 11.3 Å². The van der Waals surface area contributed by atoms with Crippen LogP contribution < -0.4 is 5.32 Å². The van der Waals surface area contributed by atoms with Gasteiger partial charge in [-0.25, -0.2) is 4.98 Å². The summed E-state index contributed by atoms with van der Waals surface area (Å²) in [7, 11) is 0. The molecular weight excluding hydrogens is 324 g/mol.